The summed E-state index contributed by atoms with van der Waals surface area (Å²) in [7, 11) is 0. The number of hydrogen-bond acceptors (Lipinski definition) is 3. The quantitative estimate of drug-likeness (QED) is 0.705. The molecule has 1 aromatic rings. The normalized spacial score (nSPS) is 23.0. The van der Waals surface area contributed by atoms with Gasteiger partial charge in [-0.3, -0.25) is 4.98 Å². The van der Waals surface area contributed by atoms with Crippen molar-refractivity contribution in [3.05, 3.63) is 29.0 Å². The molecule has 0 spiro atoms. The molecule has 13 heavy (non-hydrogen) atoms. The van der Waals surface area contributed by atoms with E-state index in [1.165, 1.54) is 0 Å². The fourth-order valence-corrected chi connectivity index (χ4v) is 1.75. The Balaban J connectivity index is 2.18. The predicted octanol–water partition coefficient (Wildman–Crippen LogP) is 0.969. The van der Waals surface area contributed by atoms with Crippen molar-refractivity contribution in [2.45, 2.75) is 6.04 Å². The lowest BCUT2D eigenvalue weighted by Gasteiger charge is -2.24. The molecule has 1 atom stereocenters. The van der Waals surface area contributed by atoms with Crippen molar-refractivity contribution < 1.29 is 0 Å². The summed E-state index contributed by atoms with van der Waals surface area (Å²) < 4.78 is 0. The highest BCUT2D eigenvalue weighted by molar-refractivity contribution is 6.31. The molecule has 0 radical (unpaired) electrons. The third kappa shape index (κ3) is 1.99. The lowest BCUT2D eigenvalue weighted by atomic mass is 10.1. The van der Waals surface area contributed by atoms with Gasteiger partial charge in [0.1, 0.15) is 0 Å². The van der Waals surface area contributed by atoms with Crippen LogP contribution in [0.5, 0.6) is 0 Å². The van der Waals surface area contributed by atoms with Crippen molar-refractivity contribution in [1.82, 2.24) is 15.6 Å². The average molecular weight is 198 g/mol. The van der Waals surface area contributed by atoms with Crippen LogP contribution >= 0.6 is 11.6 Å². The molecular formula is C9H12ClN3. The second kappa shape index (κ2) is 4.05. The third-order valence-electron chi connectivity index (χ3n) is 2.16. The lowest BCUT2D eigenvalue weighted by molar-refractivity contribution is 0.423. The fraction of sp³-hybridized carbons (Fsp3) is 0.444. The SMILES string of the molecule is Clc1cccnc1[C@H]1CNCCN1. The monoisotopic (exact) mass is 197 g/mol. The summed E-state index contributed by atoms with van der Waals surface area (Å²) in [5, 5.41) is 7.41. The molecule has 1 saturated heterocycles. The molecule has 70 valence electrons. The molecule has 2 heterocycles. The standard InChI is InChI=1S/C9H12ClN3/c10-7-2-1-3-13-9(7)8-6-11-4-5-12-8/h1-3,8,11-12H,4-6H2/t8-/m1/s1. The maximum Gasteiger partial charge on any atom is 0.0771 e. The Kier molecular flexibility index (Phi) is 2.78. The van der Waals surface area contributed by atoms with E-state index in [2.05, 4.69) is 15.6 Å². The van der Waals surface area contributed by atoms with Gasteiger partial charge in [-0.25, -0.2) is 0 Å². The van der Waals surface area contributed by atoms with E-state index in [4.69, 9.17) is 11.6 Å². The zero-order valence-electron chi connectivity index (χ0n) is 7.26. The molecule has 2 rings (SSSR count). The van der Waals surface area contributed by atoms with Crippen molar-refractivity contribution in [2.75, 3.05) is 19.6 Å². The summed E-state index contributed by atoms with van der Waals surface area (Å²) in [4.78, 5) is 4.27. The molecular weight excluding hydrogens is 186 g/mol. The van der Waals surface area contributed by atoms with Crippen LogP contribution in [0.15, 0.2) is 18.3 Å². The summed E-state index contributed by atoms with van der Waals surface area (Å²) in [6.45, 7) is 2.88. The average Bonchev–Trinajstić information content (AvgIpc) is 2.20. The second-order valence-electron chi connectivity index (χ2n) is 3.08. The van der Waals surface area contributed by atoms with Crippen molar-refractivity contribution in [3.8, 4) is 0 Å². The Morgan fingerprint density at radius 2 is 2.38 bits per heavy atom. The van der Waals surface area contributed by atoms with E-state index in [9.17, 15) is 0 Å². The van der Waals surface area contributed by atoms with Crippen molar-refractivity contribution in [2.24, 2.45) is 0 Å². The number of nitrogens with one attached hydrogen (secondary N) is 2. The number of nitrogens with zero attached hydrogens (tertiary/aromatic N) is 1. The van der Waals surface area contributed by atoms with Gasteiger partial charge in [0, 0.05) is 25.8 Å². The molecule has 0 aliphatic carbocycles. The Bertz CT molecular complexity index is 284. The highest BCUT2D eigenvalue weighted by atomic mass is 35.5. The predicted molar refractivity (Wildman–Crippen MR) is 52.9 cm³/mol. The lowest BCUT2D eigenvalue weighted by Crippen LogP contribution is -2.43. The molecule has 1 fully saturated rings. The number of piperazine rings is 1. The highest BCUT2D eigenvalue weighted by Crippen LogP contribution is 2.20. The Morgan fingerprint density at radius 1 is 1.46 bits per heavy atom. The minimum Gasteiger partial charge on any atom is -0.314 e. The molecule has 1 aliphatic rings. The molecule has 0 aromatic carbocycles. The van der Waals surface area contributed by atoms with Gasteiger partial charge in [-0.2, -0.15) is 0 Å². The minimum absolute atomic E-state index is 0.252. The van der Waals surface area contributed by atoms with E-state index in [1.807, 2.05) is 12.1 Å². The van der Waals surface area contributed by atoms with Crippen molar-refractivity contribution >= 4 is 11.6 Å². The van der Waals surface area contributed by atoms with Crippen LogP contribution in [0.1, 0.15) is 11.7 Å². The molecule has 0 unspecified atom stereocenters. The van der Waals surface area contributed by atoms with Gasteiger partial charge in [0.15, 0.2) is 0 Å². The summed E-state index contributed by atoms with van der Waals surface area (Å²) in [6.07, 6.45) is 1.78. The second-order valence-corrected chi connectivity index (χ2v) is 3.49. The Morgan fingerprint density at radius 3 is 3.08 bits per heavy atom. The molecule has 2 N–H and O–H groups in total. The van der Waals surface area contributed by atoms with Crippen LogP contribution in [0.2, 0.25) is 5.02 Å². The van der Waals surface area contributed by atoms with E-state index >= 15 is 0 Å². The van der Waals surface area contributed by atoms with Crippen LogP contribution in [0.3, 0.4) is 0 Å². The number of halogens is 1. The Hall–Kier alpha value is -0.640. The number of hydrogen-bond donors (Lipinski definition) is 2. The van der Waals surface area contributed by atoms with E-state index in [-0.39, 0.29) is 6.04 Å². The molecule has 0 saturated carbocycles. The smallest absolute Gasteiger partial charge is 0.0771 e. The van der Waals surface area contributed by atoms with Crippen LogP contribution in [0.25, 0.3) is 0 Å². The third-order valence-corrected chi connectivity index (χ3v) is 2.48. The van der Waals surface area contributed by atoms with Crippen molar-refractivity contribution in [1.29, 1.82) is 0 Å². The van der Waals surface area contributed by atoms with Gasteiger partial charge in [0.2, 0.25) is 0 Å². The van der Waals surface area contributed by atoms with Crippen LogP contribution < -0.4 is 10.6 Å². The van der Waals surface area contributed by atoms with Crippen LogP contribution in [-0.2, 0) is 0 Å². The van der Waals surface area contributed by atoms with E-state index in [0.717, 1.165) is 30.4 Å². The first-order valence-electron chi connectivity index (χ1n) is 4.42. The number of pyridine rings is 1. The van der Waals surface area contributed by atoms with E-state index in [0.29, 0.717) is 0 Å². The van der Waals surface area contributed by atoms with Gasteiger partial charge in [0.05, 0.1) is 16.8 Å². The first kappa shape index (κ1) is 8.94. The van der Waals surface area contributed by atoms with Crippen LogP contribution in [0.4, 0.5) is 0 Å². The maximum absolute atomic E-state index is 6.03. The zero-order chi connectivity index (χ0) is 9.10. The van der Waals surface area contributed by atoms with E-state index in [1.54, 1.807) is 6.20 Å². The summed E-state index contributed by atoms with van der Waals surface area (Å²) in [5.74, 6) is 0. The molecule has 0 bridgehead atoms. The van der Waals surface area contributed by atoms with Gasteiger partial charge in [-0.15, -0.1) is 0 Å². The zero-order valence-corrected chi connectivity index (χ0v) is 8.01. The first-order chi connectivity index (χ1) is 6.38. The van der Waals surface area contributed by atoms with Gasteiger partial charge >= 0.3 is 0 Å². The van der Waals surface area contributed by atoms with Gasteiger partial charge in [-0.05, 0) is 12.1 Å². The van der Waals surface area contributed by atoms with Gasteiger partial charge in [-0.1, -0.05) is 11.6 Å². The van der Waals surface area contributed by atoms with Gasteiger partial charge in [0.25, 0.3) is 0 Å². The summed E-state index contributed by atoms with van der Waals surface area (Å²) in [5.41, 5.74) is 0.941. The molecule has 4 heteroatoms. The molecule has 1 aromatic heterocycles. The largest absolute Gasteiger partial charge is 0.314 e. The molecule has 1 aliphatic heterocycles. The summed E-state index contributed by atoms with van der Waals surface area (Å²) in [6, 6.07) is 3.98. The number of rotatable bonds is 1. The van der Waals surface area contributed by atoms with Crippen LogP contribution in [-0.4, -0.2) is 24.6 Å². The maximum atomic E-state index is 6.03. The number of aromatic nitrogens is 1. The fourth-order valence-electron chi connectivity index (χ4n) is 1.50. The van der Waals surface area contributed by atoms with E-state index < -0.39 is 0 Å². The Labute approximate surface area is 82.5 Å². The van der Waals surface area contributed by atoms with Gasteiger partial charge < -0.3 is 10.6 Å². The van der Waals surface area contributed by atoms with Crippen molar-refractivity contribution in [3.63, 3.8) is 0 Å². The minimum atomic E-state index is 0.252. The molecule has 3 nitrogen and oxygen atoms in total. The molecule has 0 amide bonds. The first-order valence-corrected chi connectivity index (χ1v) is 4.80. The summed E-state index contributed by atoms with van der Waals surface area (Å²) >= 11 is 6.03. The van der Waals surface area contributed by atoms with Crippen LogP contribution in [0, 0.1) is 0 Å². The highest BCUT2D eigenvalue weighted by Gasteiger charge is 2.17. The topological polar surface area (TPSA) is 37.0 Å².